The van der Waals surface area contributed by atoms with Crippen molar-refractivity contribution < 1.29 is 13.2 Å². The number of halogens is 1. The SMILES string of the molecule is CN1CCN(C(=O)CS(=O)(=O)C(C)(C)C)c2cc(Cl)ccc21. The van der Waals surface area contributed by atoms with Crippen LogP contribution in [0.1, 0.15) is 20.8 Å². The molecule has 122 valence electrons. The van der Waals surface area contributed by atoms with Gasteiger partial charge in [-0.05, 0) is 39.0 Å². The van der Waals surface area contributed by atoms with E-state index in [1.165, 1.54) is 4.90 Å². The molecule has 1 aliphatic heterocycles. The fourth-order valence-corrected chi connectivity index (χ4v) is 3.32. The van der Waals surface area contributed by atoms with Gasteiger partial charge in [0, 0.05) is 25.2 Å². The molecular formula is C15H21ClN2O3S. The first kappa shape index (κ1) is 17.1. The highest BCUT2D eigenvalue weighted by atomic mass is 35.5. The number of hydrogen-bond acceptors (Lipinski definition) is 4. The Hall–Kier alpha value is -1.27. The lowest BCUT2D eigenvalue weighted by molar-refractivity contribution is -0.116. The van der Waals surface area contributed by atoms with Crippen molar-refractivity contribution in [2.75, 3.05) is 35.7 Å². The van der Waals surface area contributed by atoms with Crippen molar-refractivity contribution in [1.29, 1.82) is 0 Å². The molecule has 0 N–H and O–H groups in total. The van der Waals surface area contributed by atoms with Gasteiger partial charge in [-0.25, -0.2) is 8.42 Å². The Morgan fingerprint density at radius 3 is 2.45 bits per heavy atom. The van der Waals surface area contributed by atoms with E-state index in [2.05, 4.69) is 0 Å². The Morgan fingerprint density at radius 1 is 1.23 bits per heavy atom. The second-order valence-electron chi connectivity index (χ2n) is 6.47. The molecule has 1 aromatic rings. The van der Waals surface area contributed by atoms with Crippen molar-refractivity contribution >= 4 is 38.7 Å². The maximum atomic E-state index is 12.5. The lowest BCUT2D eigenvalue weighted by Crippen LogP contribution is -2.46. The van der Waals surface area contributed by atoms with Crippen LogP contribution >= 0.6 is 11.6 Å². The van der Waals surface area contributed by atoms with Crippen molar-refractivity contribution in [3.8, 4) is 0 Å². The van der Waals surface area contributed by atoms with Crippen LogP contribution in [-0.2, 0) is 14.6 Å². The highest BCUT2D eigenvalue weighted by Crippen LogP contribution is 2.35. The molecule has 0 saturated heterocycles. The minimum atomic E-state index is -3.51. The number of rotatable bonds is 2. The van der Waals surface area contributed by atoms with Crippen LogP contribution in [0, 0.1) is 0 Å². The van der Waals surface area contributed by atoms with Crippen LogP contribution in [0.25, 0.3) is 0 Å². The molecule has 5 nitrogen and oxygen atoms in total. The van der Waals surface area contributed by atoms with Crippen molar-refractivity contribution in [2.24, 2.45) is 0 Å². The number of sulfone groups is 1. The lowest BCUT2D eigenvalue weighted by Gasteiger charge is -2.36. The van der Waals surface area contributed by atoms with Crippen LogP contribution < -0.4 is 9.80 Å². The van der Waals surface area contributed by atoms with Gasteiger partial charge in [0.15, 0.2) is 9.84 Å². The number of anilines is 2. The van der Waals surface area contributed by atoms with E-state index in [0.29, 0.717) is 23.8 Å². The maximum Gasteiger partial charge on any atom is 0.242 e. The van der Waals surface area contributed by atoms with E-state index >= 15 is 0 Å². The van der Waals surface area contributed by atoms with E-state index in [0.717, 1.165) is 5.69 Å². The van der Waals surface area contributed by atoms with Gasteiger partial charge in [-0.15, -0.1) is 0 Å². The monoisotopic (exact) mass is 344 g/mol. The van der Waals surface area contributed by atoms with Crippen LogP contribution in [0.5, 0.6) is 0 Å². The molecule has 1 heterocycles. The van der Waals surface area contributed by atoms with Crippen molar-refractivity contribution in [2.45, 2.75) is 25.5 Å². The second kappa shape index (κ2) is 5.74. The number of benzene rings is 1. The third-order valence-corrected chi connectivity index (χ3v) is 6.57. The number of likely N-dealkylation sites (N-methyl/N-ethyl adjacent to an activating group) is 1. The predicted octanol–water partition coefficient (Wildman–Crippen LogP) is 2.34. The minimum Gasteiger partial charge on any atom is -0.371 e. The molecule has 1 aliphatic rings. The van der Waals surface area contributed by atoms with Crippen LogP contribution in [0.4, 0.5) is 11.4 Å². The molecule has 1 aromatic carbocycles. The molecule has 0 aromatic heterocycles. The summed E-state index contributed by atoms with van der Waals surface area (Å²) in [4.78, 5) is 16.1. The van der Waals surface area contributed by atoms with Crippen LogP contribution in [0.15, 0.2) is 18.2 Å². The fourth-order valence-electron chi connectivity index (χ4n) is 2.24. The summed E-state index contributed by atoms with van der Waals surface area (Å²) < 4.78 is 23.6. The van der Waals surface area contributed by atoms with Crippen molar-refractivity contribution in [3.05, 3.63) is 23.2 Å². The minimum absolute atomic E-state index is 0.411. The molecule has 0 atom stereocenters. The van der Waals surface area contributed by atoms with Gasteiger partial charge < -0.3 is 9.80 Å². The summed E-state index contributed by atoms with van der Waals surface area (Å²) in [6.07, 6.45) is 0. The Balaban J connectivity index is 2.33. The van der Waals surface area contributed by atoms with E-state index in [9.17, 15) is 13.2 Å². The van der Waals surface area contributed by atoms with Gasteiger partial charge in [0.05, 0.1) is 16.1 Å². The van der Waals surface area contributed by atoms with Crippen LogP contribution in [0.3, 0.4) is 0 Å². The summed E-state index contributed by atoms with van der Waals surface area (Å²) in [7, 11) is -1.58. The average molecular weight is 345 g/mol. The van der Waals surface area contributed by atoms with Gasteiger partial charge in [-0.3, -0.25) is 4.79 Å². The number of carbonyl (C=O) groups excluding carboxylic acids is 1. The first-order valence-electron chi connectivity index (χ1n) is 7.06. The van der Waals surface area contributed by atoms with E-state index < -0.39 is 26.2 Å². The third-order valence-electron chi connectivity index (χ3n) is 3.85. The van der Waals surface area contributed by atoms with E-state index in [1.807, 2.05) is 18.0 Å². The number of nitrogens with zero attached hydrogens (tertiary/aromatic N) is 2. The predicted molar refractivity (Wildman–Crippen MR) is 90.6 cm³/mol. The fraction of sp³-hybridized carbons (Fsp3) is 0.533. The largest absolute Gasteiger partial charge is 0.371 e. The quantitative estimate of drug-likeness (QED) is 0.826. The average Bonchev–Trinajstić information content (AvgIpc) is 2.36. The summed E-state index contributed by atoms with van der Waals surface area (Å²) >= 11 is 6.03. The third kappa shape index (κ3) is 3.22. The van der Waals surface area contributed by atoms with E-state index in [1.54, 1.807) is 32.9 Å². The topological polar surface area (TPSA) is 57.7 Å². The molecule has 0 saturated carbocycles. The highest BCUT2D eigenvalue weighted by molar-refractivity contribution is 7.93. The number of fused-ring (bicyclic) bond motifs is 1. The molecule has 7 heteroatoms. The zero-order valence-corrected chi connectivity index (χ0v) is 14.8. The van der Waals surface area contributed by atoms with Crippen molar-refractivity contribution in [3.63, 3.8) is 0 Å². The molecular weight excluding hydrogens is 324 g/mol. The number of amides is 1. The first-order chi connectivity index (χ1) is 10.0. The van der Waals surface area contributed by atoms with Crippen LogP contribution in [0.2, 0.25) is 5.02 Å². The van der Waals surface area contributed by atoms with E-state index in [4.69, 9.17) is 11.6 Å². The molecule has 0 radical (unpaired) electrons. The summed E-state index contributed by atoms with van der Waals surface area (Å²) in [6, 6.07) is 5.31. The summed E-state index contributed by atoms with van der Waals surface area (Å²) in [6.45, 7) is 5.90. The normalized spacial score (nSPS) is 15.7. The van der Waals surface area contributed by atoms with E-state index in [-0.39, 0.29) is 0 Å². The van der Waals surface area contributed by atoms with Crippen molar-refractivity contribution in [1.82, 2.24) is 0 Å². The Labute approximate surface area is 136 Å². The smallest absolute Gasteiger partial charge is 0.242 e. The van der Waals surface area contributed by atoms with Gasteiger partial charge in [-0.1, -0.05) is 11.6 Å². The zero-order valence-electron chi connectivity index (χ0n) is 13.3. The second-order valence-corrected chi connectivity index (χ2v) is 9.65. The van der Waals surface area contributed by atoms with Gasteiger partial charge >= 0.3 is 0 Å². The van der Waals surface area contributed by atoms with Gasteiger partial charge in [-0.2, -0.15) is 0 Å². The summed E-state index contributed by atoms with van der Waals surface area (Å²) in [5.41, 5.74) is 1.53. The number of hydrogen-bond donors (Lipinski definition) is 0. The molecule has 22 heavy (non-hydrogen) atoms. The zero-order chi connectivity index (χ0) is 16.7. The molecule has 0 bridgehead atoms. The van der Waals surface area contributed by atoms with Gasteiger partial charge in [0.25, 0.3) is 0 Å². The summed E-state index contributed by atoms with van der Waals surface area (Å²) in [5, 5.41) is 0.519. The summed E-state index contributed by atoms with van der Waals surface area (Å²) in [5.74, 6) is -0.904. The Kier molecular flexibility index (Phi) is 4.46. The molecule has 0 spiro atoms. The Morgan fingerprint density at radius 2 is 1.86 bits per heavy atom. The molecule has 0 fully saturated rings. The molecule has 0 unspecified atom stereocenters. The maximum absolute atomic E-state index is 12.5. The Bertz CT molecular complexity index is 695. The molecule has 0 aliphatic carbocycles. The van der Waals surface area contributed by atoms with Gasteiger partial charge in [0.1, 0.15) is 5.75 Å². The molecule has 1 amide bonds. The number of carbonyl (C=O) groups is 1. The molecule has 2 rings (SSSR count). The lowest BCUT2D eigenvalue weighted by atomic mass is 10.1. The first-order valence-corrected chi connectivity index (χ1v) is 9.09. The highest BCUT2D eigenvalue weighted by Gasteiger charge is 2.34. The van der Waals surface area contributed by atoms with Crippen LogP contribution in [-0.4, -0.2) is 45.0 Å². The van der Waals surface area contributed by atoms with Gasteiger partial charge in [0.2, 0.25) is 5.91 Å². The standard InChI is InChI=1S/C15H21ClN2O3S/c1-15(2,3)22(20,21)10-14(19)18-8-7-17(4)12-6-5-11(16)9-13(12)18/h5-6,9H,7-8,10H2,1-4H3.